The molecule has 0 fully saturated rings. The Bertz CT molecular complexity index is 1190. The number of benzene rings is 3. The summed E-state index contributed by atoms with van der Waals surface area (Å²) >= 11 is 0. The van der Waals surface area contributed by atoms with Gasteiger partial charge in [-0.3, -0.25) is 4.79 Å². The molecule has 0 saturated carbocycles. The summed E-state index contributed by atoms with van der Waals surface area (Å²) in [5.41, 5.74) is 2.43. The first-order valence-electron chi connectivity index (χ1n) is 10.4. The number of methoxy groups -OCH3 is 2. The van der Waals surface area contributed by atoms with Crippen molar-refractivity contribution >= 4 is 11.5 Å². The van der Waals surface area contributed by atoms with Crippen molar-refractivity contribution in [3.63, 3.8) is 0 Å². The SMILES string of the molecule is COc1ccc(CCN2C(=O)C(O)=C(c3ccc(F)cc3)[C@@H]2c2ccc(F)cc2)cc1OC. The molecule has 3 aromatic rings. The first-order valence-corrected chi connectivity index (χ1v) is 10.4. The van der Waals surface area contributed by atoms with E-state index in [0.717, 1.165) is 5.56 Å². The van der Waals surface area contributed by atoms with Gasteiger partial charge in [0, 0.05) is 12.1 Å². The molecule has 1 amide bonds. The Morgan fingerprint density at radius 1 is 0.879 bits per heavy atom. The zero-order valence-corrected chi connectivity index (χ0v) is 18.2. The molecule has 0 unspecified atom stereocenters. The molecule has 170 valence electrons. The first kappa shape index (κ1) is 22.3. The highest BCUT2D eigenvalue weighted by atomic mass is 19.1. The van der Waals surface area contributed by atoms with Crippen molar-refractivity contribution in [2.75, 3.05) is 20.8 Å². The molecule has 3 aromatic carbocycles. The second-order valence-corrected chi connectivity index (χ2v) is 7.66. The quantitative estimate of drug-likeness (QED) is 0.545. The van der Waals surface area contributed by atoms with Crippen molar-refractivity contribution < 1.29 is 28.2 Å². The van der Waals surface area contributed by atoms with Gasteiger partial charge in [0.05, 0.1) is 20.3 Å². The van der Waals surface area contributed by atoms with Crippen molar-refractivity contribution in [3.8, 4) is 11.5 Å². The molecule has 1 aliphatic rings. The molecular weight excluding hydrogens is 428 g/mol. The van der Waals surface area contributed by atoms with Gasteiger partial charge < -0.3 is 19.5 Å². The number of aliphatic hydroxyl groups excluding tert-OH is 1. The second kappa shape index (κ2) is 9.32. The first-order chi connectivity index (χ1) is 15.9. The Hall–Kier alpha value is -3.87. The van der Waals surface area contributed by atoms with Crippen LogP contribution >= 0.6 is 0 Å². The molecule has 1 aliphatic heterocycles. The molecule has 0 saturated heterocycles. The van der Waals surface area contributed by atoms with Crippen LogP contribution in [-0.2, 0) is 11.2 Å². The molecule has 33 heavy (non-hydrogen) atoms. The van der Waals surface area contributed by atoms with Crippen LogP contribution in [-0.4, -0.2) is 36.7 Å². The van der Waals surface area contributed by atoms with Crippen LogP contribution in [0.3, 0.4) is 0 Å². The highest BCUT2D eigenvalue weighted by Crippen LogP contribution is 2.43. The van der Waals surface area contributed by atoms with Gasteiger partial charge >= 0.3 is 0 Å². The van der Waals surface area contributed by atoms with Crippen LogP contribution in [0.15, 0.2) is 72.5 Å². The molecule has 1 N–H and O–H groups in total. The topological polar surface area (TPSA) is 59.0 Å². The highest BCUT2D eigenvalue weighted by Gasteiger charge is 2.40. The molecule has 0 bridgehead atoms. The third-order valence-corrected chi connectivity index (χ3v) is 5.73. The van der Waals surface area contributed by atoms with Gasteiger partial charge in [0.2, 0.25) is 0 Å². The molecule has 1 heterocycles. The zero-order valence-electron chi connectivity index (χ0n) is 18.2. The molecule has 4 rings (SSSR count). The van der Waals surface area contributed by atoms with Crippen LogP contribution in [0.4, 0.5) is 8.78 Å². The summed E-state index contributed by atoms with van der Waals surface area (Å²) in [6.07, 6.45) is 0.480. The van der Waals surface area contributed by atoms with Crippen LogP contribution in [0.2, 0.25) is 0 Å². The lowest BCUT2D eigenvalue weighted by Gasteiger charge is -2.27. The monoisotopic (exact) mass is 451 g/mol. The van der Waals surface area contributed by atoms with Crippen molar-refractivity contribution in [2.45, 2.75) is 12.5 Å². The average Bonchev–Trinajstić information content (AvgIpc) is 3.08. The molecule has 0 spiro atoms. The van der Waals surface area contributed by atoms with Crippen LogP contribution in [0.1, 0.15) is 22.7 Å². The third-order valence-electron chi connectivity index (χ3n) is 5.73. The smallest absolute Gasteiger partial charge is 0.289 e. The van der Waals surface area contributed by atoms with Crippen LogP contribution < -0.4 is 9.47 Å². The molecule has 1 atom stereocenters. The van der Waals surface area contributed by atoms with E-state index in [-0.39, 0.29) is 6.54 Å². The Morgan fingerprint density at radius 2 is 1.48 bits per heavy atom. The lowest BCUT2D eigenvalue weighted by molar-refractivity contribution is -0.129. The van der Waals surface area contributed by atoms with Gasteiger partial charge in [-0.1, -0.05) is 30.3 Å². The van der Waals surface area contributed by atoms with Crippen molar-refractivity contribution in [1.82, 2.24) is 4.90 Å². The number of carbonyl (C=O) groups excluding carboxylic acids is 1. The van der Waals surface area contributed by atoms with E-state index in [1.165, 1.54) is 41.3 Å². The van der Waals surface area contributed by atoms with Gasteiger partial charge in [-0.15, -0.1) is 0 Å². The Kier molecular flexibility index (Phi) is 6.31. The number of carbonyl (C=O) groups is 1. The maximum atomic E-state index is 13.6. The van der Waals surface area contributed by atoms with E-state index in [1.807, 2.05) is 12.1 Å². The van der Waals surface area contributed by atoms with E-state index < -0.39 is 29.3 Å². The summed E-state index contributed by atoms with van der Waals surface area (Å²) in [5.74, 6) is -0.595. The lowest BCUT2D eigenvalue weighted by atomic mass is 9.93. The number of hydrogen-bond acceptors (Lipinski definition) is 4. The predicted octanol–water partition coefficient (Wildman–Crippen LogP) is 5.08. The van der Waals surface area contributed by atoms with E-state index in [0.29, 0.717) is 34.6 Å². The van der Waals surface area contributed by atoms with Gasteiger partial charge in [0.15, 0.2) is 17.3 Å². The summed E-state index contributed by atoms with van der Waals surface area (Å²) in [7, 11) is 3.10. The van der Waals surface area contributed by atoms with E-state index >= 15 is 0 Å². The number of nitrogens with zero attached hydrogens (tertiary/aromatic N) is 1. The summed E-state index contributed by atoms with van der Waals surface area (Å²) in [4.78, 5) is 14.6. The number of amides is 1. The van der Waals surface area contributed by atoms with Gasteiger partial charge in [-0.2, -0.15) is 0 Å². The molecular formula is C26H23F2NO4. The highest BCUT2D eigenvalue weighted by molar-refractivity contribution is 6.05. The number of ether oxygens (including phenoxy) is 2. The number of aliphatic hydroxyl groups is 1. The van der Waals surface area contributed by atoms with Gasteiger partial charge in [-0.05, 0) is 59.5 Å². The van der Waals surface area contributed by atoms with Gasteiger partial charge in [0.25, 0.3) is 5.91 Å². The van der Waals surface area contributed by atoms with Crippen LogP contribution in [0.25, 0.3) is 5.57 Å². The summed E-state index contributed by atoms with van der Waals surface area (Å²) < 4.78 is 37.7. The van der Waals surface area contributed by atoms with Crippen molar-refractivity contribution in [2.24, 2.45) is 0 Å². The number of halogens is 2. The fourth-order valence-electron chi connectivity index (χ4n) is 4.09. The number of rotatable bonds is 7. The van der Waals surface area contributed by atoms with E-state index in [9.17, 15) is 18.7 Å². The van der Waals surface area contributed by atoms with Gasteiger partial charge in [-0.25, -0.2) is 8.78 Å². The largest absolute Gasteiger partial charge is 0.503 e. The molecule has 7 heteroatoms. The van der Waals surface area contributed by atoms with E-state index in [1.54, 1.807) is 32.4 Å². The third kappa shape index (κ3) is 4.39. The molecule has 0 radical (unpaired) electrons. The summed E-state index contributed by atoms with van der Waals surface area (Å²) in [6.45, 7) is 0.283. The summed E-state index contributed by atoms with van der Waals surface area (Å²) in [6, 6.07) is 16.2. The van der Waals surface area contributed by atoms with Crippen LogP contribution in [0, 0.1) is 11.6 Å². The Morgan fingerprint density at radius 3 is 2.09 bits per heavy atom. The maximum absolute atomic E-state index is 13.6. The Labute approximate surface area is 190 Å². The zero-order chi connectivity index (χ0) is 23.5. The lowest BCUT2D eigenvalue weighted by Crippen LogP contribution is -2.32. The van der Waals surface area contributed by atoms with Crippen LogP contribution in [0.5, 0.6) is 11.5 Å². The average molecular weight is 451 g/mol. The summed E-state index contributed by atoms with van der Waals surface area (Å²) in [5, 5.41) is 10.8. The van der Waals surface area contributed by atoms with E-state index in [2.05, 4.69) is 0 Å². The van der Waals surface area contributed by atoms with Gasteiger partial charge in [0.1, 0.15) is 11.6 Å². The predicted molar refractivity (Wildman–Crippen MR) is 120 cm³/mol. The number of hydrogen-bond donors (Lipinski definition) is 1. The fraction of sp³-hybridized carbons (Fsp3) is 0.192. The minimum atomic E-state index is -0.649. The molecule has 0 aliphatic carbocycles. The molecule has 0 aromatic heterocycles. The van der Waals surface area contributed by atoms with Crippen molar-refractivity contribution in [1.29, 1.82) is 0 Å². The van der Waals surface area contributed by atoms with Crippen molar-refractivity contribution in [3.05, 3.63) is 101 Å². The Balaban J connectivity index is 1.68. The minimum absolute atomic E-state index is 0.283. The maximum Gasteiger partial charge on any atom is 0.289 e. The standard InChI is InChI=1S/C26H23F2NO4/c1-32-21-12-3-16(15-22(21)33-2)13-14-29-24(18-6-10-20(28)11-7-18)23(25(30)26(29)31)17-4-8-19(27)9-5-17/h3-12,15,24,30H,13-14H2,1-2H3/t24-/m0/s1. The van der Waals surface area contributed by atoms with E-state index in [4.69, 9.17) is 9.47 Å². The molecule has 5 nitrogen and oxygen atoms in total. The second-order valence-electron chi connectivity index (χ2n) is 7.66. The normalized spacial score (nSPS) is 15.8. The minimum Gasteiger partial charge on any atom is -0.503 e. The fourth-order valence-corrected chi connectivity index (χ4v) is 4.09.